The van der Waals surface area contributed by atoms with Gasteiger partial charge in [-0.2, -0.15) is 0 Å². The number of benzene rings is 1. The summed E-state index contributed by atoms with van der Waals surface area (Å²) in [6.45, 7) is 1.32. The molecule has 0 bridgehead atoms. The van der Waals surface area contributed by atoms with Gasteiger partial charge in [0.15, 0.2) is 34.7 Å². The summed E-state index contributed by atoms with van der Waals surface area (Å²) in [5.41, 5.74) is 0.0293. The van der Waals surface area contributed by atoms with Crippen molar-refractivity contribution in [2.45, 2.75) is 30.6 Å². The minimum atomic E-state index is -2.86. The van der Waals surface area contributed by atoms with Crippen LogP contribution in [-0.4, -0.2) is 75.0 Å². The van der Waals surface area contributed by atoms with Crippen LogP contribution in [0.5, 0.6) is 5.75 Å². The summed E-state index contributed by atoms with van der Waals surface area (Å²) in [6, 6.07) is 1.17. The molecule has 0 radical (unpaired) electrons. The van der Waals surface area contributed by atoms with E-state index in [0.29, 0.717) is 0 Å². The molecule has 5 N–H and O–H groups in total. The summed E-state index contributed by atoms with van der Waals surface area (Å²) in [4.78, 5) is 66.6. The van der Waals surface area contributed by atoms with Gasteiger partial charge in [-0.25, -0.2) is 0 Å². The molecule has 0 saturated heterocycles. The van der Waals surface area contributed by atoms with E-state index in [2.05, 4.69) is 0 Å². The molecule has 1 aromatic carbocycles. The number of rotatable bonds is 2. The van der Waals surface area contributed by atoms with E-state index in [9.17, 15) is 39.3 Å². The van der Waals surface area contributed by atoms with E-state index in [-0.39, 0.29) is 22.6 Å². The second-order valence-electron chi connectivity index (χ2n) is 9.40. The highest BCUT2D eigenvalue weighted by atomic mass is 35.5. The Labute approximate surface area is 193 Å². The van der Waals surface area contributed by atoms with Crippen molar-refractivity contribution in [2.24, 2.45) is 29.4 Å². The van der Waals surface area contributed by atoms with Gasteiger partial charge in [0.1, 0.15) is 5.75 Å². The molecule has 11 heteroatoms. The molecular weight excluding hydrogens is 456 g/mol. The second kappa shape index (κ2) is 7.17. The van der Waals surface area contributed by atoms with Crippen LogP contribution in [0.2, 0.25) is 5.02 Å². The Morgan fingerprint density at radius 2 is 1.73 bits per heavy atom. The lowest BCUT2D eigenvalue weighted by Gasteiger charge is -2.55. The van der Waals surface area contributed by atoms with Crippen LogP contribution >= 0.6 is 11.6 Å². The predicted molar refractivity (Wildman–Crippen MR) is 112 cm³/mol. The summed E-state index contributed by atoms with van der Waals surface area (Å²) in [5, 5.41) is 33.3. The molecule has 2 saturated carbocycles. The Morgan fingerprint density at radius 1 is 1.12 bits per heavy atom. The number of aliphatic hydroxyl groups is 2. The number of nitrogens with zero attached hydrogens (tertiary/aromatic N) is 1. The fourth-order valence-electron chi connectivity index (χ4n) is 5.95. The maximum atomic E-state index is 13.7. The van der Waals surface area contributed by atoms with Gasteiger partial charge in [0.05, 0.1) is 23.1 Å². The molecule has 3 aliphatic rings. The van der Waals surface area contributed by atoms with Gasteiger partial charge in [0, 0.05) is 22.4 Å². The minimum Gasteiger partial charge on any atom is -0.507 e. The van der Waals surface area contributed by atoms with Crippen LogP contribution < -0.4 is 5.73 Å². The number of phenolic OH excluding ortho intramolecular Hbond substituents is 1. The number of amides is 1. The van der Waals surface area contributed by atoms with E-state index >= 15 is 0 Å². The molecule has 0 aromatic heterocycles. The van der Waals surface area contributed by atoms with Crippen molar-refractivity contribution >= 4 is 40.6 Å². The zero-order chi connectivity index (χ0) is 24.8. The first-order valence-corrected chi connectivity index (χ1v) is 10.7. The first-order valence-electron chi connectivity index (χ1n) is 10.3. The predicted octanol–water partition coefficient (Wildman–Crippen LogP) is -0.815. The van der Waals surface area contributed by atoms with Gasteiger partial charge in [-0.3, -0.25) is 28.9 Å². The second-order valence-corrected chi connectivity index (χ2v) is 9.80. The molecule has 0 heterocycles. The number of primary amides is 1. The van der Waals surface area contributed by atoms with Gasteiger partial charge in [0.25, 0.3) is 0 Å². The monoisotopic (exact) mass is 478 g/mol. The molecule has 33 heavy (non-hydrogen) atoms. The average molecular weight is 479 g/mol. The number of likely N-dealkylation sites (N-methyl/N-ethyl adjacent to an activating group) is 1. The van der Waals surface area contributed by atoms with Crippen molar-refractivity contribution < 1.29 is 39.3 Å². The Morgan fingerprint density at radius 3 is 2.27 bits per heavy atom. The third-order valence-electron chi connectivity index (χ3n) is 7.43. The van der Waals surface area contributed by atoms with E-state index in [4.69, 9.17) is 17.3 Å². The lowest BCUT2D eigenvalue weighted by atomic mass is 9.49. The quantitative estimate of drug-likeness (QED) is 0.396. The number of Topliss-reactive ketones (excluding diaryl/α,β-unsaturated/α-hetero) is 4. The largest absolute Gasteiger partial charge is 0.507 e. The van der Waals surface area contributed by atoms with Gasteiger partial charge in [0.2, 0.25) is 5.91 Å². The highest BCUT2D eigenvalue weighted by Gasteiger charge is 2.71. The number of phenols is 1. The molecule has 10 nitrogen and oxygen atoms in total. The van der Waals surface area contributed by atoms with Crippen molar-refractivity contribution in [1.29, 1.82) is 0 Å². The Balaban J connectivity index is 1.97. The average Bonchev–Trinajstić information content (AvgIpc) is 2.69. The maximum absolute atomic E-state index is 13.7. The van der Waals surface area contributed by atoms with Crippen LogP contribution in [0.3, 0.4) is 0 Å². The lowest BCUT2D eigenvalue weighted by molar-refractivity contribution is -0.188. The molecule has 0 aliphatic heterocycles. The van der Waals surface area contributed by atoms with Crippen molar-refractivity contribution in [1.82, 2.24) is 4.90 Å². The zero-order valence-corrected chi connectivity index (χ0v) is 18.8. The Kier molecular flexibility index (Phi) is 5.10. The molecule has 176 valence electrons. The molecule has 4 rings (SSSR count). The molecule has 1 aromatic rings. The van der Waals surface area contributed by atoms with Crippen molar-refractivity contribution in [3.8, 4) is 5.75 Å². The Hall–Kier alpha value is -2.66. The third kappa shape index (κ3) is 2.81. The number of carbonyl (C=O) groups excluding carboxylic acids is 5. The summed E-state index contributed by atoms with van der Waals surface area (Å²) in [5.74, 6) is -12.5. The topological polar surface area (TPSA) is 175 Å². The van der Waals surface area contributed by atoms with Gasteiger partial charge >= 0.3 is 0 Å². The molecule has 0 spiro atoms. The van der Waals surface area contributed by atoms with Gasteiger partial charge in [-0.15, -0.1) is 0 Å². The number of hydrogen-bond donors (Lipinski definition) is 4. The Bertz CT molecular complexity index is 1150. The van der Waals surface area contributed by atoms with E-state index in [1.807, 2.05) is 0 Å². The molecular formula is C22H23ClN2O8. The summed E-state index contributed by atoms with van der Waals surface area (Å²) in [6.07, 6.45) is -0.289. The van der Waals surface area contributed by atoms with Crippen LogP contribution in [0.1, 0.15) is 29.3 Å². The lowest BCUT2D eigenvalue weighted by Crippen LogP contribution is -2.75. The molecule has 3 aliphatic carbocycles. The van der Waals surface area contributed by atoms with E-state index in [1.165, 1.54) is 32.0 Å². The number of nitrogens with two attached hydrogens (primary N) is 1. The number of hydrogen-bond acceptors (Lipinski definition) is 9. The smallest absolute Gasteiger partial charge is 0.235 e. The minimum absolute atomic E-state index is 0.0124. The normalized spacial score (nSPS) is 38.1. The van der Waals surface area contributed by atoms with E-state index < -0.39 is 75.7 Å². The fourth-order valence-corrected chi connectivity index (χ4v) is 6.30. The van der Waals surface area contributed by atoms with E-state index in [1.54, 1.807) is 0 Å². The van der Waals surface area contributed by atoms with E-state index in [0.717, 1.165) is 6.07 Å². The molecule has 2 fully saturated rings. The van der Waals surface area contributed by atoms with Crippen LogP contribution in [0, 0.1) is 23.7 Å². The molecule has 0 unspecified atom stereocenters. The maximum Gasteiger partial charge on any atom is 0.235 e. The fraction of sp³-hybridized carbons (Fsp3) is 0.500. The van der Waals surface area contributed by atoms with Crippen molar-refractivity contribution in [3.05, 3.63) is 28.3 Å². The highest BCUT2D eigenvalue weighted by Crippen LogP contribution is 2.56. The van der Waals surface area contributed by atoms with Crippen molar-refractivity contribution in [3.63, 3.8) is 0 Å². The van der Waals surface area contributed by atoms with Gasteiger partial charge < -0.3 is 21.1 Å². The van der Waals surface area contributed by atoms with Crippen molar-refractivity contribution in [2.75, 3.05) is 14.1 Å². The SMILES string of the molecule is CN(C)[C@@H]1C(=O)[C@H](C(N)=O)C(=O)[C@@]2(O)C(=O)[C@H]3C(=O)c4c(O)ccc(Cl)c4[C@@](C)(O)[C@@H]3C[C@@H]12. The third-order valence-corrected chi connectivity index (χ3v) is 7.75. The number of aromatic hydroxyl groups is 1. The molecule has 7 atom stereocenters. The number of carbonyl (C=O) groups is 5. The van der Waals surface area contributed by atoms with Crippen LogP contribution in [0.25, 0.3) is 0 Å². The van der Waals surface area contributed by atoms with Crippen LogP contribution in [-0.2, 0) is 24.8 Å². The number of fused-ring (bicyclic) bond motifs is 3. The summed E-state index contributed by atoms with van der Waals surface area (Å²) < 4.78 is 0. The standard InChI is InChI=1S/C22H23ClN2O8/c1-21(32)7-6-8-15(25(2)3)17(28)13(20(24)31)19(30)22(8,33)18(29)11(7)16(27)12-10(26)5-4-9(23)14(12)21/h4-5,7-8,11,13,15,26,32-33H,6H2,1-3H3,(H2,24,31)/t7-,8+,11-,13+,15+,21+,22+/m1/s1. The van der Waals surface area contributed by atoms with Gasteiger partial charge in [-0.05, 0) is 39.6 Å². The van der Waals surface area contributed by atoms with Gasteiger partial charge in [-0.1, -0.05) is 11.6 Å². The van der Waals surface area contributed by atoms with Crippen LogP contribution in [0.15, 0.2) is 12.1 Å². The highest BCUT2D eigenvalue weighted by molar-refractivity contribution is 6.34. The zero-order valence-electron chi connectivity index (χ0n) is 18.0. The summed E-state index contributed by atoms with van der Waals surface area (Å²) in [7, 11) is 2.95. The first-order chi connectivity index (χ1) is 15.2. The number of halogens is 1. The first kappa shape index (κ1) is 23.5. The van der Waals surface area contributed by atoms with Crippen LogP contribution in [0.4, 0.5) is 0 Å². The number of ketones is 4. The summed E-state index contributed by atoms with van der Waals surface area (Å²) >= 11 is 6.25. The molecule has 1 amide bonds.